The molecule has 1 atom stereocenters. The average molecular weight is 486 g/mol. The summed E-state index contributed by atoms with van der Waals surface area (Å²) in [7, 11) is -2.60. The Balaban J connectivity index is 1.56. The molecule has 0 spiro atoms. The van der Waals surface area contributed by atoms with Gasteiger partial charge in [-0.15, -0.1) is 0 Å². The first-order valence-electron chi connectivity index (χ1n) is 10.4. The lowest BCUT2D eigenvalue weighted by Gasteiger charge is -2.20. The van der Waals surface area contributed by atoms with Gasteiger partial charge in [-0.2, -0.15) is 0 Å². The zero-order chi connectivity index (χ0) is 24.5. The summed E-state index contributed by atoms with van der Waals surface area (Å²) in [5, 5.41) is 6.13. The third-order valence-electron chi connectivity index (χ3n) is 5.36. The second kappa shape index (κ2) is 9.18. The van der Waals surface area contributed by atoms with Crippen LogP contribution in [0.1, 0.15) is 28.6 Å². The van der Waals surface area contributed by atoms with Gasteiger partial charge in [-0.25, -0.2) is 13.2 Å². The van der Waals surface area contributed by atoms with E-state index in [1.54, 1.807) is 19.1 Å². The molecule has 0 bridgehead atoms. The highest BCUT2D eigenvalue weighted by Gasteiger charge is 2.32. The summed E-state index contributed by atoms with van der Waals surface area (Å²) >= 11 is 0. The fourth-order valence-electron chi connectivity index (χ4n) is 3.62. The first kappa shape index (κ1) is 23.3. The summed E-state index contributed by atoms with van der Waals surface area (Å²) in [5.74, 6) is -0.733. The number of fused-ring (bicyclic) bond motifs is 1. The summed E-state index contributed by atoms with van der Waals surface area (Å²) in [6.45, 7) is 3.35. The van der Waals surface area contributed by atoms with Crippen LogP contribution in [0.5, 0.6) is 5.75 Å². The number of methoxy groups -OCH3 is 1. The number of amides is 1. The number of carbonyl (C=O) groups is 2. The van der Waals surface area contributed by atoms with Crippen LogP contribution in [-0.2, 0) is 26.0 Å². The second-order valence-corrected chi connectivity index (χ2v) is 9.54. The minimum Gasteiger partial charge on any atom is -0.496 e. The van der Waals surface area contributed by atoms with E-state index in [1.165, 1.54) is 42.6 Å². The zero-order valence-corrected chi connectivity index (χ0v) is 19.6. The molecule has 0 unspecified atom stereocenters. The Bertz CT molecular complexity index is 1350. The number of hydrogen-bond donors (Lipinski definition) is 1. The van der Waals surface area contributed by atoms with Crippen molar-refractivity contribution in [1.29, 1.82) is 0 Å². The molecule has 34 heavy (non-hydrogen) atoms. The van der Waals surface area contributed by atoms with E-state index in [-0.39, 0.29) is 22.0 Å². The number of hydrogen-bond acceptors (Lipinski definition) is 8. The molecule has 2 heterocycles. The van der Waals surface area contributed by atoms with Crippen LogP contribution >= 0.6 is 0 Å². The number of ether oxygens (including phenoxy) is 2. The maximum atomic E-state index is 13.4. The van der Waals surface area contributed by atoms with Crippen molar-refractivity contribution in [1.82, 2.24) is 5.16 Å². The van der Waals surface area contributed by atoms with Gasteiger partial charge < -0.3 is 19.3 Å². The third-order valence-corrected chi connectivity index (χ3v) is 7.16. The van der Waals surface area contributed by atoms with Gasteiger partial charge in [0.25, 0.3) is 15.9 Å². The van der Waals surface area contributed by atoms with E-state index >= 15 is 0 Å². The Kier molecular flexibility index (Phi) is 6.29. The van der Waals surface area contributed by atoms with E-state index < -0.39 is 28.0 Å². The maximum Gasteiger partial charge on any atom is 0.342 e. The normalized spacial score (nSPS) is 13.8. The molecule has 1 amide bonds. The SMILES string of the molecule is COc1ccc(S(=O)(=O)N2CCc3ccccc32)cc1C(=O)O[C@@H](C)C(=O)Nc1cc(C)on1. The lowest BCUT2D eigenvalue weighted by molar-refractivity contribution is -0.123. The van der Waals surface area contributed by atoms with Gasteiger partial charge in [0.2, 0.25) is 0 Å². The minimum atomic E-state index is -3.94. The van der Waals surface area contributed by atoms with Gasteiger partial charge in [-0.1, -0.05) is 23.4 Å². The number of rotatable bonds is 7. The number of sulfonamides is 1. The van der Waals surface area contributed by atoms with Crippen molar-refractivity contribution in [2.24, 2.45) is 0 Å². The molecule has 1 aliphatic heterocycles. The molecule has 178 valence electrons. The van der Waals surface area contributed by atoms with Crippen molar-refractivity contribution in [2.75, 3.05) is 23.3 Å². The molecule has 0 saturated carbocycles. The van der Waals surface area contributed by atoms with Crippen LogP contribution < -0.4 is 14.4 Å². The number of nitrogens with zero attached hydrogens (tertiary/aromatic N) is 2. The number of aromatic nitrogens is 1. The van der Waals surface area contributed by atoms with Crippen LogP contribution in [0.2, 0.25) is 0 Å². The summed E-state index contributed by atoms with van der Waals surface area (Å²) < 4.78 is 43.4. The Morgan fingerprint density at radius 1 is 1.18 bits per heavy atom. The second-order valence-electron chi connectivity index (χ2n) is 7.68. The number of aryl methyl sites for hydroxylation is 1. The van der Waals surface area contributed by atoms with E-state index in [1.807, 2.05) is 12.1 Å². The van der Waals surface area contributed by atoms with Gasteiger partial charge in [-0.05, 0) is 50.1 Å². The van der Waals surface area contributed by atoms with Gasteiger partial charge >= 0.3 is 5.97 Å². The summed E-state index contributed by atoms with van der Waals surface area (Å²) in [5.41, 5.74) is 1.42. The summed E-state index contributed by atoms with van der Waals surface area (Å²) in [4.78, 5) is 25.1. The van der Waals surface area contributed by atoms with Gasteiger partial charge in [0, 0.05) is 12.6 Å². The number of carbonyl (C=O) groups excluding carboxylic acids is 2. The molecule has 0 fully saturated rings. The van der Waals surface area contributed by atoms with E-state index in [0.29, 0.717) is 24.4 Å². The third kappa shape index (κ3) is 4.46. The Hall–Kier alpha value is -3.86. The van der Waals surface area contributed by atoms with Crippen molar-refractivity contribution >= 4 is 33.4 Å². The lowest BCUT2D eigenvalue weighted by Crippen LogP contribution is -2.31. The molecular weight excluding hydrogens is 462 g/mol. The number of para-hydroxylation sites is 1. The highest BCUT2D eigenvalue weighted by molar-refractivity contribution is 7.92. The standard InChI is InChI=1S/C23H23N3O7S/c1-14-12-21(25-33-14)24-22(27)15(2)32-23(28)18-13-17(8-9-20(18)31-3)34(29,30)26-11-10-16-6-4-5-7-19(16)26/h4-9,12-13,15H,10-11H2,1-3H3,(H,24,25,27)/t15-/m0/s1. The molecule has 0 aliphatic carbocycles. The molecule has 0 saturated heterocycles. The predicted octanol–water partition coefficient (Wildman–Crippen LogP) is 2.93. The number of esters is 1. The Morgan fingerprint density at radius 3 is 2.65 bits per heavy atom. The largest absolute Gasteiger partial charge is 0.496 e. The van der Waals surface area contributed by atoms with Crippen molar-refractivity contribution in [3.05, 3.63) is 65.4 Å². The molecule has 0 radical (unpaired) electrons. The van der Waals surface area contributed by atoms with Crippen molar-refractivity contribution in [2.45, 2.75) is 31.3 Å². The zero-order valence-electron chi connectivity index (χ0n) is 18.8. The molecule has 3 aromatic rings. The van der Waals surface area contributed by atoms with E-state index in [4.69, 9.17) is 14.0 Å². The van der Waals surface area contributed by atoms with Crippen molar-refractivity contribution in [3.8, 4) is 5.75 Å². The predicted molar refractivity (Wildman–Crippen MR) is 122 cm³/mol. The van der Waals surface area contributed by atoms with Crippen molar-refractivity contribution in [3.63, 3.8) is 0 Å². The molecule has 1 N–H and O–H groups in total. The highest BCUT2D eigenvalue weighted by atomic mass is 32.2. The van der Waals surface area contributed by atoms with Crippen LogP contribution in [0, 0.1) is 6.92 Å². The van der Waals surface area contributed by atoms with Gasteiger partial charge in [0.15, 0.2) is 11.9 Å². The molecule has 11 heteroatoms. The van der Waals surface area contributed by atoms with Crippen LogP contribution in [-0.4, -0.2) is 45.2 Å². The Morgan fingerprint density at radius 2 is 1.94 bits per heavy atom. The lowest BCUT2D eigenvalue weighted by atomic mass is 10.2. The van der Waals surface area contributed by atoms with Gasteiger partial charge in [0.05, 0.1) is 17.7 Å². The molecule has 4 rings (SSSR count). The van der Waals surface area contributed by atoms with E-state index in [2.05, 4.69) is 10.5 Å². The maximum absolute atomic E-state index is 13.4. The molecule has 1 aromatic heterocycles. The monoisotopic (exact) mass is 485 g/mol. The molecular formula is C23H23N3O7S. The van der Waals surface area contributed by atoms with Crippen LogP contribution in [0.3, 0.4) is 0 Å². The molecule has 10 nitrogen and oxygen atoms in total. The average Bonchev–Trinajstić information content (AvgIpc) is 3.44. The first-order chi connectivity index (χ1) is 16.2. The van der Waals surface area contributed by atoms with E-state index in [0.717, 1.165) is 5.56 Å². The number of nitrogens with one attached hydrogen (secondary N) is 1. The van der Waals surface area contributed by atoms with Crippen LogP contribution in [0.25, 0.3) is 0 Å². The topological polar surface area (TPSA) is 128 Å². The fourth-order valence-corrected chi connectivity index (χ4v) is 5.15. The molecule has 2 aromatic carbocycles. The number of benzene rings is 2. The van der Waals surface area contributed by atoms with Gasteiger partial charge in [-0.3, -0.25) is 9.10 Å². The van der Waals surface area contributed by atoms with Crippen LogP contribution in [0.4, 0.5) is 11.5 Å². The fraction of sp³-hybridized carbons (Fsp3) is 0.261. The summed E-state index contributed by atoms with van der Waals surface area (Å²) in [6, 6.07) is 12.7. The quantitative estimate of drug-likeness (QED) is 0.506. The Labute approximate surface area is 196 Å². The van der Waals surface area contributed by atoms with E-state index in [9.17, 15) is 18.0 Å². The summed E-state index contributed by atoms with van der Waals surface area (Å²) in [6.07, 6.45) is -0.599. The first-order valence-corrected chi connectivity index (χ1v) is 11.9. The van der Waals surface area contributed by atoms with Crippen molar-refractivity contribution < 1.29 is 32.0 Å². The minimum absolute atomic E-state index is 0.0906. The highest BCUT2D eigenvalue weighted by Crippen LogP contribution is 2.34. The van der Waals surface area contributed by atoms with Gasteiger partial charge in [0.1, 0.15) is 17.1 Å². The molecule has 1 aliphatic rings. The smallest absolute Gasteiger partial charge is 0.342 e. The number of anilines is 2. The van der Waals surface area contributed by atoms with Crippen LogP contribution in [0.15, 0.2) is 57.9 Å².